The summed E-state index contributed by atoms with van der Waals surface area (Å²) >= 11 is 0. The lowest BCUT2D eigenvalue weighted by Crippen LogP contribution is -2.38. The van der Waals surface area contributed by atoms with Gasteiger partial charge < -0.3 is 11.1 Å². The smallest absolute Gasteiger partial charge is 0.0162 e. The molecule has 0 aliphatic heterocycles. The van der Waals surface area contributed by atoms with Crippen molar-refractivity contribution in [2.75, 3.05) is 13.1 Å². The highest BCUT2D eigenvalue weighted by Crippen LogP contribution is 2.36. The molecule has 78 valence electrons. The number of rotatable bonds is 5. The van der Waals surface area contributed by atoms with Gasteiger partial charge in [0.2, 0.25) is 0 Å². The molecule has 1 unspecified atom stereocenters. The van der Waals surface area contributed by atoms with Crippen LogP contribution in [0.1, 0.15) is 46.0 Å². The fraction of sp³-hybridized carbons (Fsp3) is 1.00. The Morgan fingerprint density at radius 2 is 2.00 bits per heavy atom. The van der Waals surface area contributed by atoms with E-state index in [1.165, 1.54) is 25.7 Å². The molecule has 0 spiro atoms. The van der Waals surface area contributed by atoms with Crippen LogP contribution in [-0.4, -0.2) is 19.1 Å². The summed E-state index contributed by atoms with van der Waals surface area (Å²) in [4.78, 5) is 0. The van der Waals surface area contributed by atoms with Crippen molar-refractivity contribution >= 4 is 0 Å². The van der Waals surface area contributed by atoms with Crippen LogP contribution in [0.2, 0.25) is 0 Å². The van der Waals surface area contributed by atoms with Gasteiger partial charge in [-0.1, -0.05) is 26.7 Å². The summed E-state index contributed by atoms with van der Waals surface area (Å²) in [5.74, 6) is 0. The summed E-state index contributed by atoms with van der Waals surface area (Å²) in [6, 6.07) is 0.338. The van der Waals surface area contributed by atoms with Gasteiger partial charge in [0.25, 0.3) is 0 Å². The van der Waals surface area contributed by atoms with Crippen LogP contribution >= 0.6 is 0 Å². The van der Waals surface area contributed by atoms with Crippen LogP contribution in [0.5, 0.6) is 0 Å². The van der Waals surface area contributed by atoms with Crippen LogP contribution in [0.3, 0.4) is 0 Å². The Labute approximate surface area is 82.3 Å². The first kappa shape index (κ1) is 11.0. The van der Waals surface area contributed by atoms with E-state index in [4.69, 9.17) is 5.73 Å². The Kier molecular flexibility index (Phi) is 4.20. The van der Waals surface area contributed by atoms with Crippen LogP contribution < -0.4 is 11.1 Å². The van der Waals surface area contributed by atoms with Crippen molar-refractivity contribution in [3.63, 3.8) is 0 Å². The van der Waals surface area contributed by atoms with Gasteiger partial charge in [0.05, 0.1) is 0 Å². The zero-order valence-electron chi connectivity index (χ0n) is 9.10. The molecule has 1 aliphatic carbocycles. The molecular formula is C11H24N2. The highest BCUT2D eigenvalue weighted by Gasteiger charge is 2.27. The summed E-state index contributed by atoms with van der Waals surface area (Å²) in [6.45, 7) is 6.67. The molecule has 1 saturated carbocycles. The SMILES string of the molecule is CCC(N)CNCC1(C)CCCC1. The van der Waals surface area contributed by atoms with Gasteiger partial charge in [0, 0.05) is 19.1 Å². The minimum Gasteiger partial charge on any atom is -0.327 e. The topological polar surface area (TPSA) is 38.0 Å². The first-order valence-corrected chi connectivity index (χ1v) is 5.62. The van der Waals surface area contributed by atoms with Crippen LogP contribution in [0.4, 0.5) is 0 Å². The first-order chi connectivity index (χ1) is 6.16. The normalized spacial score (nSPS) is 23.3. The summed E-state index contributed by atoms with van der Waals surface area (Å²) in [5.41, 5.74) is 6.40. The molecule has 0 aromatic rings. The van der Waals surface area contributed by atoms with E-state index >= 15 is 0 Å². The zero-order valence-corrected chi connectivity index (χ0v) is 9.10. The molecule has 13 heavy (non-hydrogen) atoms. The largest absolute Gasteiger partial charge is 0.327 e. The van der Waals surface area contributed by atoms with Gasteiger partial charge in [-0.15, -0.1) is 0 Å². The monoisotopic (exact) mass is 184 g/mol. The number of hydrogen-bond donors (Lipinski definition) is 2. The quantitative estimate of drug-likeness (QED) is 0.685. The Bertz CT molecular complexity index is 139. The molecule has 0 amide bonds. The van der Waals surface area contributed by atoms with Crippen molar-refractivity contribution < 1.29 is 0 Å². The van der Waals surface area contributed by atoms with E-state index in [-0.39, 0.29) is 0 Å². The molecular weight excluding hydrogens is 160 g/mol. The van der Waals surface area contributed by atoms with Crippen molar-refractivity contribution in [3.8, 4) is 0 Å². The van der Waals surface area contributed by atoms with Gasteiger partial charge in [-0.3, -0.25) is 0 Å². The van der Waals surface area contributed by atoms with Crippen molar-refractivity contribution in [1.29, 1.82) is 0 Å². The number of hydrogen-bond acceptors (Lipinski definition) is 2. The van der Waals surface area contributed by atoms with Gasteiger partial charge in [-0.25, -0.2) is 0 Å². The van der Waals surface area contributed by atoms with E-state index < -0.39 is 0 Å². The third-order valence-corrected chi connectivity index (χ3v) is 3.29. The fourth-order valence-electron chi connectivity index (χ4n) is 2.11. The number of nitrogens with one attached hydrogen (secondary N) is 1. The molecule has 0 aromatic heterocycles. The molecule has 1 fully saturated rings. The Morgan fingerprint density at radius 3 is 2.54 bits per heavy atom. The molecule has 1 aliphatic rings. The summed E-state index contributed by atoms with van der Waals surface area (Å²) in [5, 5.41) is 3.49. The van der Waals surface area contributed by atoms with E-state index in [0.717, 1.165) is 19.5 Å². The number of nitrogens with two attached hydrogens (primary N) is 1. The molecule has 0 radical (unpaired) electrons. The molecule has 0 saturated heterocycles. The fourth-order valence-corrected chi connectivity index (χ4v) is 2.11. The van der Waals surface area contributed by atoms with Gasteiger partial charge in [-0.05, 0) is 24.7 Å². The maximum Gasteiger partial charge on any atom is 0.0162 e. The highest BCUT2D eigenvalue weighted by molar-refractivity contribution is 4.82. The second-order valence-electron chi connectivity index (χ2n) is 4.82. The Balaban J connectivity index is 2.11. The maximum atomic E-state index is 5.84. The lowest BCUT2D eigenvalue weighted by atomic mass is 9.89. The third kappa shape index (κ3) is 3.65. The Hall–Kier alpha value is -0.0800. The standard InChI is InChI=1S/C11H24N2/c1-3-10(12)8-13-9-11(2)6-4-5-7-11/h10,13H,3-9,12H2,1-2H3. The molecule has 2 heteroatoms. The molecule has 2 nitrogen and oxygen atoms in total. The van der Waals surface area contributed by atoms with Crippen molar-refractivity contribution in [2.24, 2.45) is 11.1 Å². The highest BCUT2D eigenvalue weighted by atomic mass is 14.9. The van der Waals surface area contributed by atoms with Crippen molar-refractivity contribution in [3.05, 3.63) is 0 Å². The van der Waals surface area contributed by atoms with Gasteiger partial charge in [0.15, 0.2) is 0 Å². The van der Waals surface area contributed by atoms with Crippen LogP contribution in [0, 0.1) is 5.41 Å². The zero-order chi connectivity index (χ0) is 9.73. The lowest BCUT2D eigenvalue weighted by molar-refractivity contribution is 0.311. The first-order valence-electron chi connectivity index (χ1n) is 5.62. The summed E-state index contributed by atoms with van der Waals surface area (Å²) in [7, 11) is 0. The molecule has 1 atom stereocenters. The van der Waals surface area contributed by atoms with Crippen molar-refractivity contribution in [1.82, 2.24) is 5.32 Å². The van der Waals surface area contributed by atoms with Gasteiger partial charge in [-0.2, -0.15) is 0 Å². The molecule has 0 bridgehead atoms. The lowest BCUT2D eigenvalue weighted by Gasteiger charge is -2.24. The summed E-state index contributed by atoms with van der Waals surface area (Å²) in [6.07, 6.45) is 6.68. The second-order valence-corrected chi connectivity index (χ2v) is 4.82. The molecule has 1 rings (SSSR count). The molecule has 0 aromatic carbocycles. The van der Waals surface area contributed by atoms with E-state index in [2.05, 4.69) is 19.2 Å². The average Bonchev–Trinajstić information content (AvgIpc) is 2.52. The molecule has 0 heterocycles. The van der Waals surface area contributed by atoms with E-state index in [1.807, 2.05) is 0 Å². The van der Waals surface area contributed by atoms with Gasteiger partial charge >= 0.3 is 0 Å². The Morgan fingerprint density at radius 1 is 1.38 bits per heavy atom. The predicted molar refractivity (Wildman–Crippen MR) is 57.7 cm³/mol. The van der Waals surface area contributed by atoms with E-state index in [9.17, 15) is 0 Å². The second kappa shape index (κ2) is 4.97. The average molecular weight is 184 g/mol. The summed E-state index contributed by atoms with van der Waals surface area (Å²) < 4.78 is 0. The molecule has 3 N–H and O–H groups in total. The van der Waals surface area contributed by atoms with E-state index in [1.54, 1.807) is 0 Å². The van der Waals surface area contributed by atoms with Crippen LogP contribution in [-0.2, 0) is 0 Å². The minimum absolute atomic E-state index is 0.338. The van der Waals surface area contributed by atoms with Crippen LogP contribution in [0.25, 0.3) is 0 Å². The maximum absolute atomic E-state index is 5.84. The van der Waals surface area contributed by atoms with Crippen LogP contribution in [0.15, 0.2) is 0 Å². The minimum atomic E-state index is 0.338. The van der Waals surface area contributed by atoms with E-state index in [0.29, 0.717) is 11.5 Å². The van der Waals surface area contributed by atoms with Crippen molar-refractivity contribution in [2.45, 2.75) is 52.0 Å². The van der Waals surface area contributed by atoms with Gasteiger partial charge in [0.1, 0.15) is 0 Å². The predicted octanol–water partition coefficient (Wildman–Crippen LogP) is 1.89. The third-order valence-electron chi connectivity index (χ3n) is 3.29.